The molecule has 2 fully saturated rings. The third kappa shape index (κ3) is 6.27. The zero-order chi connectivity index (χ0) is 26.0. The molecule has 2 aromatic carbocycles. The first-order valence-corrected chi connectivity index (χ1v) is 15.8. The molecule has 0 amide bonds. The largest absolute Gasteiger partial charge is 0.493 e. The molecule has 0 N–H and O–H groups in total. The van der Waals surface area contributed by atoms with Gasteiger partial charge in [-0.2, -0.15) is 4.31 Å². The average Bonchev–Trinajstić information content (AvgIpc) is 2.81. The van der Waals surface area contributed by atoms with Gasteiger partial charge in [0.15, 0.2) is 0 Å². The lowest BCUT2D eigenvalue weighted by atomic mass is 9.83. The minimum atomic E-state index is -3.68. The molecule has 10 heteroatoms. The lowest BCUT2D eigenvalue weighted by Gasteiger charge is -2.37. The van der Waals surface area contributed by atoms with Gasteiger partial charge in [-0.3, -0.25) is 0 Å². The minimum Gasteiger partial charge on any atom is -0.493 e. The van der Waals surface area contributed by atoms with Crippen molar-refractivity contribution >= 4 is 19.9 Å². The van der Waals surface area contributed by atoms with E-state index in [9.17, 15) is 16.8 Å². The Morgan fingerprint density at radius 2 is 1.81 bits per heavy atom. The minimum absolute atomic E-state index is 0.0167. The Hall–Kier alpha value is -2.01. The number of sulfonamides is 1. The zero-order valence-corrected chi connectivity index (χ0v) is 22.4. The number of sulfone groups is 1. The predicted molar refractivity (Wildman–Crippen MR) is 136 cm³/mol. The zero-order valence-electron chi connectivity index (χ0n) is 20.7. The molecule has 0 saturated carbocycles. The van der Waals surface area contributed by atoms with Gasteiger partial charge in [0.05, 0.1) is 12.4 Å². The van der Waals surface area contributed by atoms with Gasteiger partial charge in [0.25, 0.3) is 0 Å². The summed E-state index contributed by atoms with van der Waals surface area (Å²) in [6, 6.07) is 13.3. The van der Waals surface area contributed by atoms with Crippen LogP contribution in [0.2, 0.25) is 0 Å². The molecule has 0 radical (unpaired) electrons. The van der Waals surface area contributed by atoms with Crippen LogP contribution in [-0.2, 0) is 31.1 Å². The average molecular weight is 540 g/mol. The molecule has 2 atom stereocenters. The lowest BCUT2D eigenvalue weighted by molar-refractivity contribution is 0.00209. The molecule has 2 saturated heterocycles. The van der Waals surface area contributed by atoms with Crippen molar-refractivity contribution in [2.45, 2.75) is 50.4 Å². The monoisotopic (exact) mass is 539 g/mol. The maximum Gasteiger partial charge on any atom is 0.221 e. The first-order chi connectivity index (χ1) is 17.0. The van der Waals surface area contributed by atoms with Crippen molar-refractivity contribution in [1.29, 1.82) is 0 Å². The highest BCUT2D eigenvalue weighted by Gasteiger charge is 2.41. The summed E-state index contributed by atoms with van der Waals surface area (Å²) in [5, 5.41) is -0.647. The molecule has 2 unspecified atom stereocenters. The van der Waals surface area contributed by atoms with Crippen LogP contribution < -0.4 is 4.74 Å². The van der Waals surface area contributed by atoms with Gasteiger partial charge in [0.2, 0.25) is 10.0 Å². The highest BCUT2D eigenvalue weighted by Crippen LogP contribution is 2.38. The molecule has 36 heavy (non-hydrogen) atoms. The molecule has 198 valence electrons. The van der Waals surface area contributed by atoms with E-state index in [1.54, 1.807) is 12.1 Å². The summed E-state index contributed by atoms with van der Waals surface area (Å²) in [6.07, 6.45) is 3.52. The Morgan fingerprint density at radius 1 is 1.11 bits per heavy atom. The van der Waals surface area contributed by atoms with Crippen LogP contribution in [0.4, 0.5) is 4.39 Å². The van der Waals surface area contributed by atoms with E-state index in [2.05, 4.69) is 0 Å². The number of nitrogens with zero attached hydrogens (tertiary/aromatic N) is 1. The second-order valence-electron chi connectivity index (χ2n) is 10.1. The van der Waals surface area contributed by atoms with Gasteiger partial charge in [-0.15, -0.1) is 0 Å². The van der Waals surface area contributed by atoms with Crippen LogP contribution in [0, 0.1) is 11.2 Å². The Morgan fingerprint density at radius 3 is 2.44 bits per heavy atom. The topological polar surface area (TPSA) is 90.0 Å². The number of hydrogen-bond acceptors (Lipinski definition) is 6. The summed E-state index contributed by atoms with van der Waals surface area (Å²) in [7, 11) is -6.91. The normalized spacial score (nSPS) is 24.3. The summed E-state index contributed by atoms with van der Waals surface area (Å²) < 4.78 is 78.7. The lowest BCUT2D eigenvalue weighted by Crippen LogP contribution is -2.44. The van der Waals surface area contributed by atoms with Gasteiger partial charge in [-0.25, -0.2) is 21.2 Å². The Kier molecular flexibility index (Phi) is 8.09. The SMILES string of the molecule is CC1CCC(c2ccccc2)S(=O)(=O)N1Cc1ccc(OCC2(CS(C)(=O)=O)CCOCC2)cc1F. The molecule has 0 aliphatic carbocycles. The van der Waals surface area contributed by atoms with E-state index in [1.807, 2.05) is 37.3 Å². The first kappa shape index (κ1) is 27.0. The van der Waals surface area contributed by atoms with Crippen LogP contribution in [0.3, 0.4) is 0 Å². The molecule has 2 aliphatic rings. The molecule has 0 aromatic heterocycles. The maximum absolute atomic E-state index is 15.1. The van der Waals surface area contributed by atoms with Crippen LogP contribution in [0.25, 0.3) is 0 Å². The fraction of sp³-hybridized carbons (Fsp3) is 0.538. The van der Waals surface area contributed by atoms with Crippen molar-refractivity contribution in [2.24, 2.45) is 5.41 Å². The summed E-state index contributed by atoms with van der Waals surface area (Å²) in [6.45, 7) is 2.84. The van der Waals surface area contributed by atoms with Crippen LogP contribution in [0.1, 0.15) is 49.0 Å². The molecular formula is C26H34FNO6S2. The summed E-state index contributed by atoms with van der Waals surface area (Å²) in [5.74, 6) is -0.287. The fourth-order valence-corrected chi connectivity index (χ4v) is 8.87. The predicted octanol–water partition coefficient (Wildman–Crippen LogP) is 4.10. The van der Waals surface area contributed by atoms with E-state index in [-0.39, 0.29) is 36.3 Å². The van der Waals surface area contributed by atoms with E-state index in [4.69, 9.17) is 9.47 Å². The molecule has 4 rings (SSSR count). The standard InChI is InChI=1S/C26H34FNO6S2/c1-20-8-11-25(21-6-4-3-5-7-21)36(31,32)28(20)17-22-9-10-23(16-24(22)27)34-18-26(19-35(2,29)30)12-14-33-15-13-26/h3-7,9-10,16,20,25H,8,11-15,17-19H2,1-2H3. The third-order valence-corrected chi connectivity index (χ3v) is 10.7. The van der Waals surface area contributed by atoms with Gasteiger partial charge in [-0.05, 0) is 44.2 Å². The van der Waals surface area contributed by atoms with E-state index in [0.717, 1.165) is 5.56 Å². The van der Waals surface area contributed by atoms with Gasteiger partial charge < -0.3 is 9.47 Å². The fourth-order valence-electron chi connectivity index (χ4n) is 5.19. The maximum atomic E-state index is 15.1. The van der Waals surface area contributed by atoms with E-state index in [0.29, 0.717) is 38.9 Å². The molecule has 7 nitrogen and oxygen atoms in total. The van der Waals surface area contributed by atoms with Crippen LogP contribution in [0.5, 0.6) is 5.75 Å². The Bertz CT molecular complexity index is 1260. The van der Waals surface area contributed by atoms with Crippen LogP contribution in [-0.4, -0.2) is 59.0 Å². The number of hydrogen-bond donors (Lipinski definition) is 0. The highest BCUT2D eigenvalue weighted by molar-refractivity contribution is 7.90. The summed E-state index contributed by atoms with van der Waals surface area (Å²) in [4.78, 5) is 0. The van der Waals surface area contributed by atoms with E-state index >= 15 is 4.39 Å². The number of benzene rings is 2. The van der Waals surface area contributed by atoms with Gasteiger partial charge in [0.1, 0.15) is 26.7 Å². The number of ether oxygens (including phenoxy) is 2. The van der Waals surface area contributed by atoms with Crippen molar-refractivity contribution in [2.75, 3.05) is 31.8 Å². The third-order valence-electron chi connectivity index (χ3n) is 7.21. The van der Waals surface area contributed by atoms with E-state index < -0.39 is 36.3 Å². The summed E-state index contributed by atoms with van der Waals surface area (Å²) in [5.41, 5.74) is 0.434. The van der Waals surface area contributed by atoms with Crippen LogP contribution in [0.15, 0.2) is 48.5 Å². The molecule has 2 aliphatic heterocycles. The molecule has 0 spiro atoms. The molecular weight excluding hydrogens is 505 g/mol. The Labute approximate surface area is 213 Å². The number of halogens is 1. The van der Waals surface area contributed by atoms with Crippen molar-refractivity contribution in [3.8, 4) is 5.75 Å². The van der Waals surface area contributed by atoms with Gasteiger partial charge in [-0.1, -0.05) is 36.4 Å². The van der Waals surface area contributed by atoms with Crippen molar-refractivity contribution in [3.05, 3.63) is 65.5 Å². The van der Waals surface area contributed by atoms with Gasteiger partial charge >= 0.3 is 0 Å². The second-order valence-corrected chi connectivity index (χ2v) is 14.3. The smallest absolute Gasteiger partial charge is 0.221 e. The summed E-state index contributed by atoms with van der Waals surface area (Å²) >= 11 is 0. The molecule has 2 heterocycles. The quantitative estimate of drug-likeness (QED) is 0.502. The second kappa shape index (κ2) is 10.8. The number of rotatable bonds is 8. The first-order valence-electron chi connectivity index (χ1n) is 12.2. The van der Waals surface area contributed by atoms with Crippen molar-refractivity contribution < 1.29 is 30.7 Å². The van der Waals surface area contributed by atoms with E-state index in [1.165, 1.54) is 16.6 Å². The van der Waals surface area contributed by atoms with Crippen LogP contribution >= 0.6 is 0 Å². The van der Waals surface area contributed by atoms with Crippen molar-refractivity contribution in [3.63, 3.8) is 0 Å². The Balaban J connectivity index is 1.48. The van der Waals surface area contributed by atoms with Crippen molar-refractivity contribution in [1.82, 2.24) is 4.31 Å². The van der Waals surface area contributed by atoms with Gasteiger partial charge in [0, 0.05) is 49.1 Å². The molecule has 0 bridgehead atoms. The highest BCUT2D eigenvalue weighted by atomic mass is 32.2. The molecule has 2 aromatic rings.